The molecule has 0 amide bonds. The summed E-state index contributed by atoms with van der Waals surface area (Å²) < 4.78 is 5.57. The molecule has 0 spiro atoms. The maximum Gasteiger partial charge on any atom is 0.331 e. The number of nitrogens with zero attached hydrogens (tertiary/aromatic N) is 1. The zero-order chi connectivity index (χ0) is 20.1. The van der Waals surface area contributed by atoms with Crippen LogP contribution in [0.25, 0.3) is 0 Å². The van der Waals surface area contributed by atoms with Crippen molar-refractivity contribution in [2.24, 2.45) is 39.7 Å². The smallest absolute Gasteiger partial charge is 0.331 e. The minimum absolute atomic E-state index is 0.0920. The predicted molar refractivity (Wildman–Crippen MR) is 106 cm³/mol. The van der Waals surface area contributed by atoms with Gasteiger partial charge in [-0.3, -0.25) is 4.79 Å². The van der Waals surface area contributed by atoms with E-state index in [0.29, 0.717) is 17.3 Å². The first-order chi connectivity index (χ1) is 13.2. The molecule has 0 aromatic carbocycles. The molecule has 0 heterocycles. The van der Waals surface area contributed by atoms with Crippen LogP contribution in [0.3, 0.4) is 0 Å². The fourth-order valence-corrected chi connectivity index (χ4v) is 7.62. The van der Waals surface area contributed by atoms with Crippen molar-refractivity contribution in [1.29, 1.82) is 0 Å². The Morgan fingerprint density at radius 2 is 1.75 bits per heavy atom. The molecular weight excluding hydrogens is 354 g/mol. The van der Waals surface area contributed by atoms with E-state index in [1.165, 1.54) is 46.0 Å². The van der Waals surface area contributed by atoms with Crippen LogP contribution < -0.4 is 0 Å². The number of hydrogen-bond donors (Lipinski definition) is 0. The highest BCUT2D eigenvalue weighted by Gasteiger charge is 2.59. The zero-order valence-electron chi connectivity index (χ0n) is 17.8. The average Bonchev–Trinajstić information content (AvgIpc) is 2.96. The van der Waals surface area contributed by atoms with Crippen LogP contribution in [0.15, 0.2) is 5.16 Å². The maximum absolute atomic E-state index is 11.4. The van der Waals surface area contributed by atoms with E-state index in [1.807, 2.05) is 0 Å². The predicted octanol–water partition coefficient (Wildman–Crippen LogP) is 4.88. The lowest BCUT2D eigenvalue weighted by molar-refractivity contribution is -0.158. The molecule has 0 unspecified atom stereocenters. The normalized spacial score (nSPS) is 46.3. The van der Waals surface area contributed by atoms with Crippen molar-refractivity contribution in [3.05, 3.63) is 0 Å². The van der Waals surface area contributed by atoms with Crippen LogP contribution in [0, 0.1) is 34.5 Å². The van der Waals surface area contributed by atoms with Crippen molar-refractivity contribution < 1.29 is 19.2 Å². The molecule has 4 aliphatic carbocycles. The lowest BCUT2D eigenvalue weighted by Crippen LogP contribution is -2.54. The molecule has 4 saturated carbocycles. The van der Waals surface area contributed by atoms with E-state index in [4.69, 9.17) is 9.57 Å². The minimum atomic E-state index is -0.328. The number of oxime groups is 1. The third-order valence-corrected chi connectivity index (χ3v) is 8.98. The van der Waals surface area contributed by atoms with Crippen molar-refractivity contribution in [2.45, 2.75) is 91.6 Å². The lowest BCUT2D eigenvalue weighted by Gasteiger charge is -2.60. The van der Waals surface area contributed by atoms with E-state index < -0.39 is 0 Å². The van der Waals surface area contributed by atoms with Gasteiger partial charge < -0.3 is 9.57 Å². The van der Waals surface area contributed by atoms with Gasteiger partial charge in [0, 0.05) is 19.3 Å². The second-order valence-corrected chi connectivity index (χ2v) is 10.3. The first-order valence-corrected chi connectivity index (χ1v) is 11.2. The first kappa shape index (κ1) is 19.9. The third kappa shape index (κ3) is 3.19. The molecule has 4 aliphatic rings. The largest absolute Gasteiger partial charge is 0.463 e. The number of fused-ring (bicyclic) bond motifs is 5. The van der Waals surface area contributed by atoms with E-state index in [-0.39, 0.29) is 23.5 Å². The van der Waals surface area contributed by atoms with Gasteiger partial charge in [0.2, 0.25) is 0 Å². The monoisotopic (exact) mass is 389 g/mol. The Morgan fingerprint density at radius 3 is 2.46 bits per heavy atom. The van der Waals surface area contributed by atoms with Gasteiger partial charge in [-0.2, -0.15) is 0 Å². The summed E-state index contributed by atoms with van der Waals surface area (Å²) in [5.74, 6) is 2.37. The number of rotatable bonds is 2. The van der Waals surface area contributed by atoms with Gasteiger partial charge >= 0.3 is 11.9 Å². The SMILES string of the molecule is CC(=O)O/N=C1\CC[C@@H]2[C@H]3CC[C@H]4C[C@@H](OC(C)=O)CC[C@]4(C)[C@H]3CC[C@]12C. The molecule has 4 rings (SSSR count). The molecule has 156 valence electrons. The van der Waals surface area contributed by atoms with Crippen LogP contribution in [0.4, 0.5) is 0 Å². The fourth-order valence-electron chi connectivity index (χ4n) is 7.62. The van der Waals surface area contributed by atoms with Crippen LogP contribution >= 0.6 is 0 Å². The number of carbonyl (C=O) groups is 2. The van der Waals surface area contributed by atoms with E-state index >= 15 is 0 Å². The zero-order valence-corrected chi connectivity index (χ0v) is 17.8. The van der Waals surface area contributed by atoms with Crippen molar-refractivity contribution in [3.63, 3.8) is 0 Å². The van der Waals surface area contributed by atoms with Crippen molar-refractivity contribution >= 4 is 17.7 Å². The van der Waals surface area contributed by atoms with Gasteiger partial charge in [0.05, 0.1) is 5.71 Å². The van der Waals surface area contributed by atoms with E-state index in [9.17, 15) is 9.59 Å². The topological polar surface area (TPSA) is 65.0 Å². The van der Waals surface area contributed by atoms with Crippen LogP contribution in [0.1, 0.15) is 85.5 Å². The highest BCUT2D eigenvalue weighted by Crippen LogP contribution is 2.65. The Bertz CT molecular complexity index is 688. The van der Waals surface area contributed by atoms with E-state index in [1.54, 1.807) is 0 Å². The highest BCUT2D eigenvalue weighted by molar-refractivity contribution is 5.92. The Labute approximate surface area is 168 Å². The third-order valence-electron chi connectivity index (χ3n) is 8.98. The summed E-state index contributed by atoms with van der Waals surface area (Å²) in [5.41, 5.74) is 1.57. The van der Waals surface area contributed by atoms with Crippen LogP contribution in [-0.2, 0) is 19.2 Å². The summed E-state index contributed by atoms with van der Waals surface area (Å²) in [6, 6.07) is 0. The second-order valence-electron chi connectivity index (χ2n) is 10.3. The summed E-state index contributed by atoms with van der Waals surface area (Å²) in [5, 5.41) is 4.27. The Hall–Kier alpha value is -1.39. The standard InChI is InChI=1S/C23H35NO4/c1-14(25)27-17-9-11-22(3)16(13-17)5-6-18-19-7-8-21(24-28-15(2)26)23(19,4)12-10-20(18)22/h16-20H,5-13H2,1-4H3/b24-21+/t16-,17-,18+,19+,20-,22-,23-/m0/s1. The Morgan fingerprint density at radius 1 is 0.964 bits per heavy atom. The summed E-state index contributed by atoms with van der Waals surface area (Å²) in [6.07, 6.45) is 10.4. The van der Waals surface area contributed by atoms with Gasteiger partial charge in [-0.05, 0) is 86.9 Å². The van der Waals surface area contributed by atoms with Gasteiger partial charge in [0.25, 0.3) is 0 Å². The van der Waals surface area contributed by atoms with Crippen molar-refractivity contribution in [2.75, 3.05) is 0 Å². The number of esters is 1. The van der Waals surface area contributed by atoms with Gasteiger partial charge in [0.15, 0.2) is 0 Å². The molecule has 5 heteroatoms. The maximum atomic E-state index is 11.4. The van der Waals surface area contributed by atoms with Crippen molar-refractivity contribution in [1.82, 2.24) is 0 Å². The quantitative estimate of drug-likeness (QED) is 0.383. The molecule has 0 aromatic rings. The van der Waals surface area contributed by atoms with E-state index in [2.05, 4.69) is 19.0 Å². The fraction of sp³-hybridized carbons (Fsp3) is 0.870. The first-order valence-electron chi connectivity index (χ1n) is 11.2. The van der Waals surface area contributed by atoms with Gasteiger partial charge in [-0.1, -0.05) is 19.0 Å². The summed E-state index contributed by atoms with van der Waals surface area (Å²) in [7, 11) is 0. The molecule has 0 aromatic heterocycles. The Kier molecular flexibility index (Phi) is 5.08. The summed E-state index contributed by atoms with van der Waals surface area (Å²) >= 11 is 0. The number of carbonyl (C=O) groups excluding carboxylic acids is 2. The lowest BCUT2D eigenvalue weighted by atomic mass is 9.45. The van der Waals surface area contributed by atoms with Crippen LogP contribution in [0.5, 0.6) is 0 Å². The van der Waals surface area contributed by atoms with Gasteiger partial charge in [0.1, 0.15) is 6.10 Å². The van der Waals surface area contributed by atoms with Crippen LogP contribution in [-0.4, -0.2) is 23.8 Å². The van der Waals surface area contributed by atoms with Gasteiger partial charge in [-0.15, -0.1) is 0 Å². The number of hydrogen-bond acceptors (Lipinski definition) is 5. The van der Waals surface area contributed by atoms with E-state index in [0.717, 1.165) is 43.2 Å². The highest BCUT2D eigenvalue weighted by atomic mass is 16.7. The molecule has 0 bridgehead atoms. The molecule has 5 nitrogen and oxygen atoms in total. The van der Waals surface area contributed by atoms with Crippen molar-refractivity contribution in [3.8, 4) is 0 Å². The average molecular weight is 390 g/mol. The minimum Gasteiger partial charge on any atom is -0.463 e. The molecular formula is C23H35NO4. The molecule has 0 N–H and O–H groups in total. The second kappa shape index (κ2) is 7.14. The van der Waals surface area contributed by atoms with Gasteiger partial charge in [-0.25, -0.2) is 4.79 Å². The van der Waals surface area contributed by atoms with Crippen LogP contribution in [0.2, 0.25) is 0 Å². The number of ether oxygens (including phenoxy) is 1. The molecule has 0 aliphatic heterocycles. The Balaban J connectivity index is 1.52. The summed E-state index contributed by atoms with van der Waals surface area (Å²) in [6.45, 7) is 7.82. The molecule has 28 heavy (non-hydrogen) atoms. The molecule has 4 fully saturated rings. The molecule has 0 radical (unpaired) electrons. The molecule has 0 saturated heterocycles. The molecule has 7 atom stereocenters. The summed E-state index contributed by atoms with van der Waals surface area (Å²) in [4.78, 5) is 27.7.